The Bertz CT molecular complexity index is 1260. The molecule has 0 radical (unpaired) electrons. The molecule has 5 rings (SSSR count). The molecule has 0 bridgehead atoms. The summed E-state index contributed by atoms with van der Waals surface area (Å²) in [6.45, 7) is 2.69. The van der Waals surface area contributed by atoms with Crippen LogP contribution < -0.4 is 15.6 Å². The van der Waals surface area contributed by atoms with E-state index in [1.807, 2.05) is 66.7 Å². The Balaban J connectivity index is 1.33. The minimum atomic E-state index is 0.325. The zero-order valence-electron chi connectivity index (χ0n) is 18.2. The van der Waals surface area contributed by atoms with Crippen LogP contribution in [0.1, 0.15) is 5.76 Å². The lowest BCUT2D eigenvalue weighted by atomic mass is 10.2. The van der Waals surface area contributed by atoms with E-state index in [0.29, 0.717) is 49.9 Å². The predicted molar refractivity (Wildman–Crippen MR) is 136 cm³/mol. The molecule has 1 aliphatic heterocycles. The molecule has 0 spiro atoms. The van der Waals surface area contributed by atoms with Crippen molar-refractivity contribution in [3.05, 3.63) is 77.0 Å². The fourth-order valence-corrected chi connectivity index (χ4v) is 3.64. The Hall–Kier alpha value is -3.76. The van der Waals surface area contributed by atoms with Gasteiger partial charge in [-0.05, 0) is 36.4 Å². The largest absolute Gasteiger partial charge is 0.455 e. The fraction of sp³-hybridized carbons (Fsp3) is 0.167. The molecule has 0 amide bonds. The smallest absolute Gasteiger partial charge is 0.250 e. The molecule has 0 unspecified atom stereocenters. The van der Waals surface area contributed by atoms with Gasteiger partial charge in [0, 0.05) is 28.8 Å². The first-order valence-corrected chi connectivity index (χ1v) is 11.6. The van der Waals surface area contributed by atoms with Gasteiger partial charge in [0.2, 0.25) is 17.8 Å². The van der Waals surface area contributed by atoms with E-state index in [2.05, 4.69) is 51.6 Å². The number of furan rings is 1. The number of hydrogen-bond donors (Lipinski definition) is 2. The lowest BCUT2D eigenvalue weighted by Gasteiger charge is -2.27. The van der Waals surface area contributed by atoms with Crippen molar-refractivity contribution in [2.45, 2.75) is 0 Å². The zero-order chi connectivity index (χ0) is 23.2. The highest BCUT2D eigenvalue weighted by molar-refractivity contribution is 9.10. The minimum absolute atomic E-state index is 0.325. The summed E-state index contributed by atoms with van der Waals surface area (Å²) in [4.78, 5) is 15.7. The van der Waals surface area contributed by atoms with Crippen LogP contribution in [-0.2, 0) is 4.74 Å². The Morgan fingerprint density at radius 3 is 2.44 bits per heavy atom. The molecule has 2 aromatic carbocycles. The standard InChI is InChI=1S/C24H22BrN7O2/c25-18-8-6-17(7-9-18)21-11-10-20(34-21)16-26-31-23-28-22(27-19-4-2-1-3-5-19)29-24(30-23)32-12-14-33-15-13-32/h1-11,16H,12-15H2,(H2,27,28,29,30,31)/b26-16+. The number of morpholine rings is 1. The molecule has 2 N–H and O–H groups in total. The van der Waals surface area contributed by atoms with Crippen LogP contribution in [0.3, 0.4) is 0 Å². The van der Waals surface area contributed by atoms with Gasteiger partial charge in [0.1, 0.15) is 11.5 Å². The molecule has 2 aromatic heterocycles. The van der Waals surface area contributed by atoms with Crippen LogP contribution in [0.15, 0.2) is 80.7 Å². The van der Waals surface area contributed by atoms with Crippen molar-refractivity contribution in [3.63, 3.8) is 0 Å². The van der Waals surface area contributed by atoms with Crippen molar-refractivity contribution in [1.29, 1.82) is 0 Å². The van der Waals surface area contributed by atoms with Crippen LogP contribution in [0.4, 0.5) is 23.5 Å². The molecular weight excluding hydrogens is 498 g/mol. The van der Waals surface area contributed by atoms with Crippen molar-refractivity contribution in [3.8, 4) is 11.3 Å². The van der Waals surface area contributed by atoms with Crippen molar-refractivity contribution < 1.29 is 9.15 Å². The summed E-state index contributed by atoms with van der Waals surface area (Å²) < 4.78 is 12.3. The van der Waals surface area contributed by atoms with E-state index in [1.54, 1.807) is 6.21 Å². The van der Waals surface area contributed by atoms with Gasteiger partial charge in [-0.2, -0.15) is 20.1 Å². The first-order valence-electron chi connectivity index (χ1n) is 10.8. The van der Waals surface area contributed by atoms with Crippen LogP contribution in [0.2, 0.25) is 0 Å². The zero-order valence-corrected chi connectivity index (χ0v) is 19.8. The van der Waals surface area contributed by atoms with E-state index in [1.165, 1.54) is 0 Å². The molecule has 1 saturated heterocycles. The van der Waals surface area contributed by atoms with Gasteiger partial charge in [-0.25, -0.2) is 5.43 Å². The lowest BCUT2D eigenvalue weighted by Crippen LogP contribution is -2.37. The minimum Gasteiger partial charge on any atom is -0.455 e. The van der Waals surface area contributed by atoms with Gasteiger partial charge in [-0.15, -0.1) is 0 Å². The Morgan fingerprint density at radius 2 is 1.65 bits per heavy atom. The van der Waals surface area contributed by atoms with Crippen LogP contribution in [0, 0.1) is 0 Å². The molecule has 10 heteroatoms. The molecule has 9 nitrogen and oxygen atoms in total. The van der Waals surface area contributed by atoms with Gasteiger partial charge in [0.15, 0.2) is 0 Å². The van der Waals surface area contributed by atoms with Crippen molar-refractivity contribution >= 4 is 45.7 Å². The van der Waals surface area contributed by atoms with Crippen molar-refractivity contribution in [1.82, 2.24) is 15.0 Å². The second-order valence-electron chi connectivity index (χ2n) is 7.45. The summed E-state index contributed by atoms with van der Waals surface area (Å²) >= 11 is 3.44. The Kier molecular flexibility index (Phi) is 6.78. The number of nitrogens with zero attached hydrogens (tertiary/aromatic N) is 5. The SMILES string of the molecule is Brc1ccc(-c2ccc(/C=N/Nc3nc(Nc4ccccc4)nc(N4CCOCC4)n3)o2)cc1. The van der Waals surface area contributed by atoms with Gasteiger partial charge in [0.25, 0.3) is 0 Å². The van der Waals surface area contributed by atoms with Crippen molar-refractivity contribution in [2.24, 2.45) is 5.10 Å². The van der Waals surface area contributed by atoms with E-state index in [-0.39, 0.29) is 0 Å². The molecule has 0 atom stereocenters. The van der Waals surface area contributed by atoms with Gasteiger partial charge < -0.3 is 19.4 Å². The van der Waals surface area contributed by atoms with Gasteiger partial charge in [-0.3, -0.25) is 0 Å². The number of aromatic nitrogens is 3. The number of rotatable bonds is 7. The molecule has 0 saturated carbocycles. The summed E-state index contributed by atoms with van der Waals surface area (Å²) in [5.41, 5.74) is 4.77. The summed E-state index contributed by atoms with van der Waals surface area (Å²) in [5.74, 6) is 2.68. The van der Waals surface area contributed by atoms with E-state index < -0.39 is 0 Å². The molecule has 172 valence electrons. The summed E-state index contributed by atoms with van der Waals surface area (Å²) in [6, 6.07) is 21.4. The second-order valence-corrected chi connectivity index (χ2v) is 8.37. The van der Waals surface area contributed by atoms with E-state index in [0.717, 1.165) is 21.5 Å². The topological polar surface area (TPSA) is 101 Å². The maximum absolute atomic E-state index is 5.88. The van der Waals surface area contributed by atoms with Gasteiger partial charge in [0.05, 0.1) is 19.4 Å². The lowest BCUT2D eigenvalue weighted by molar-refractivity contribution is 0.122. The predicted octanol–water partition coefficient (Wildman–Crippen LogP) is 4.92. The number of ether oxygens (including phenoxy) is 1. The molecule has 0 aliphatic carbocycles. The monoisotopic (exact) mass is 519 g/mol. The third-order valence-electron chi connectivity index (χ3n) is 5.06. The Morgan fingerprint density at radius 1 is 0.882 bits per heavy atom. The van der Waals surface area contributed by atoms with E-state index in [9.17, 15) is 0 Å². The summed E-state index contributed by atoms with van der Waals surface area (Å²) in [6.07, 6.45) is 1.59. The van der Waals surface area contributed by atoms with Gasteiger partial charge in [-0.1, -0.05) is 46.3 Å². The van der Waals surface area contributed by atoms with Crippen molar-refractivity contribution in [2.75, 3.05) is 41.9 Å². The molecule has 34 heavy (non-hydrogen) atoms. The first-order chi connectivity index (χ1) is 16.7. The van der Waals surface area contributed by atoms with Crippen LogP contribution in [0.25, 0.3) is 11.3 Å². The average molecular weight is 520 g/mol. The number of hydrogen-bond acceptors (Lipinski definition) is 9. The number of nitrogens with one attached hydrogen (secondary N) is 2. The van der Waals surface area contributed by atoms with Gasteiger partial charge >= 0.3 is 0 Å². The number of halogens is 1. The normalized spacial score (nSPS) is 13.9. The summed E-state index contributed by atoms with van der Waals surface area (Å²) in [5, 5.41) is 7.49. The highest BCUT2D eigenvalue weighted by Gasteiger charge is 2.16. The highest BCUT2D eigenvalue weighted by atomic mass is 79.9. The maximum atomic E-state index is 5.88. The first kappa shape index (κ1) is 22.1. The number of anilines is 4. The van der Waals surface area contributed by atoms with E-state index in [4.69, 9.17) is 9.15 Å². The number of para-hydroxylation sites is 1. The quantitative estimate of drug-likeness (QED) is 0.262. The molecule has 1 fully saturated rings. The fourth-order valence-electron chi connectivity index (χ4n) is 3.37. The Labute approximate surface area is 205 Å². The molecule has 3 heterocycles. The molecular formula is C24H22BrN7O2. The molecule has 1 aliphatic rings. The van der Waals surface area contributed by atoms with Crippen LogP contribution >= 0.6 is 15.9 Å². The van der Waals surface area contributed by atoms with Crippen LogP contribution in [-0.4, -0.2) is 47.5 Å². The maximum Gasteiger partial charge on any atom is 0.250 e. The molecule has 4 aromatic rings. The second kappa shape index (κ2) is 10.4. The average Bonchev–Trinajstić information content (AvgIpc) is 3.34. The highest BCUT2D eigenvalue weighted by Crippen LogP contribution is 2.23. The van der Waals surface area contributed by atoms with E-state index >= 15 is 0 Å². The third kappa shape index (κ3) is 5.59. The number of hydrazone groups is 1. The van der Waals surface area contributed by atoms with Crippen LogP contribution in [0.5, 0.6) is 0 Å². The summed E-state index contributed by atoms with van der Waals surface area (Å²) in [7, 11) is 0. The number of benzene rings is 2. The third-order valence-corrected chi connectivity index (χ3v) is 5.59.